The van der Waals surface area contributed by atoms with Crippen molar-refractivity contribution in [2.24, 2.45) is 10.9 Å². The van der Waals surface area contributed by atoms with Crippen molar-refractivity contribution in [1.82, 2.24) is 0 Å². The minimum absolute atomic E-state index is 0.0656. The normalized spacial score (nSPS) is 15.6. The summed E-state index contributed by atoms with van der Waals surface area (Å²) in [4.78, 5) is 39.8. The van der Waals surface area contributed by atoms with Crippen LogP contribution in [0.5, 0.6) is 0 Å². The van der Waals surface area contributed by atoms with E-state index in [2.05, 4.69) is 11.9 Å². The van der Waals surface area contributed by atoms with Gasteiger partial charge in [-0.3, -0.25) is 14.6 Å². The molecule has 1 aromatic rings. The lowest BCUT2D eigenvalue weighted by Crippen LogP contribution is -2.29. The minimum Gasteiger partial charge on any atom is -0.462 e. The van der Waals surface area contributed by atoms with Crippen LogP contribution in [0.4, 0.5) is 5.69 Å². The molecule has 2 rings (SSSR count). The maximum Gasteiger partial charge on any atom is 0.338 e. The molecule has 0 atom stereocenters. The van der Waals surface area contributed by atoms with Gasteiger partial charge in [-0.25, -0.2) is 4.79 Å². The standard InChI is InChI=1S/C21H27NO4/c1-2-3-4-5-6-14-26-21(25)16-10-12-17(13-11-16)22-15-18-19(23)8-7-9-20(18)24/h10-13,15,18H,2-9,14H2,1H3. The smallest absolute Gasteiger partial charge is 0.338 e. The number of nitrogens with zero attached hydrogens (tertiary/aromatic N) is 1. The molecule has 1 aromatic carbocycles. The molecule has 0 aromatic heterocycles. The van der Waals surface area contributed by atoms with E-state index >= 15 is 0 Å². The Morgan fingerprint density at radius 1 is 1.08 bits per heavy atom. The topological polar surface area (TPSA) is 72.8 Å². The van der Waals surface area contributed by atoms with Crippen molar-refractivity contribution >= 4 is 29.4 Å². The Kier molecular flexibility index (Phi) is 8.19. The van der Waals surface area contributed by atoms with Crippen molar-refractivity contribution in [2.75, 3.05) is 6.61 Å². The van der Waals surface area contributed by atoms with Crippen LogP contribution in [-0.2, 0) is 14.3 Å². The summed E-state index contributed by atoms with van der Waals surface area (Å²) in [6.07, 6.45) is 8.48. The molecule has 1 fully saturated rings. The number of esters is 1. The molecule has 5 nitrogen and oxygen atoms in total. The van der Waals surface area contributed by atoms with Crippen LogP contribution in [0.2, 0.25) is 0 Å². The molecule has 0 aliphatic heterocycles. The predicted octanol–water partition coefficient (Wildman–Crippen LogP) is 4.45. The van der Waals surface area contributed by atoms with Crippen LogP contribution >= 0.6 is 0 Å². The molecule has 0 N–H and O–H groups in total. The number of rotatable bonds is 9. The Balaban J connectivity index is 1.81. The lowest BCUT2D eigenvalue weighted by atomic mass is 9.87. The molecule has 1 aliphatic rings. The SMILES string of the molecule is CCCCCCCOC(=O)c1ccc(N=CC2C(=O)CCCC2=O)cc1. The third kappa shape index (κ3) is 6.21. The van der Waals surface area contributed by atoms with Gasteiger partial charge in [0.2, 0.25) is 0 Å². The van der Waals surface area contributed by atoms with Crippen molar-refractivity contribution in [3.63, 3.8) is 0 Å². The summed E-state index contributed by atoms with van der Waals surface area (Å²) in [6, 6.07) is 6.67. The molecular weight excluding hydrogens is 330 g/mol. The molecular formula is C21H27NO4. The second-order valence-electron chi connectivity index (χ2n) is 6.64. The average molecular weight is 357 g/mol. The van der Waals surface area contributed by atoms with Crippen molar-refractivity contribution in [3.8, 4) is 0 Å². The molecule has 0 bridgehead atoms. The number of ketones is 2. The highest BCUT2D eigenvalue weighted by molar-refractivity contribution is 6.16. The Hall–Kier alpha value is -2.30. The van der Waals surface area contributed by atoms with Crippen LogP contribution < -0.4 is 0 Å². The first-order valence-corrected chi connectivity index (χ1v) is 9.48. The van der Waals surface area contributed by atoms with E-state index in [9.17, 15) is 14.4 Å². The molecule has 0 amide bonds. The maximum absolute atomic E-state index is 12.0. The van der Waals surface area contributed by atoms with Crippen molar-refractivity contribution in [3.05, 3.63) is 29.8 Å². The van der Waals surface area contributed by atoms with Crippen LogP contribution in [0.3, 0.4) is 0 Å². The quantitative estimate of drug-likeness (QED) is 0.283. The fourth-order valence-corrected chi connectivity index (χ4v) is 2.89. The number of aliphatic imine (C=N–C) groups is 1. The van der Waals surface area contributed by atoms with Gasteiger partial charge >= 0.3 is 5.97 Å². The van der Waals surface area contributed by atoms with E-state index in [1.54, 1.807) is 24.3 Å². The Bertz CT molecular complexity index is 632. The number of unbranched alkanes of at least 4 members (excludes halogenated alkanes) is 4. The first kappa shape index (κ1) is 20.0. The molecule has 0 unspecified atom stereocenters. The molecule has 0 saturated heterocycles. The molecule has 0 radical (unpaired) electrons. The van der Waals surface area contributed by atoms with Gasteiger partial charge in [0.05, 0.1) is 17.9 Å². The highest BCUT2D eigenvalue weighted by Gasteiger charge is 2.28. The van der Waals surface area contributed by atoms with Gasteiger partial charge in [-0.1, -0.05) is 32.6 Å². The van der Waals surface area contributed by atoms with Crippen molar-refractivity contribution in [1.29, 1.82) is 0 Å². The largest absolute Gasteiger partial charge is 0.462 e. The number of hydrogen-bond acceptors (Lipinski definition) is 5. The number of carbonyl (C=O) groups excluding carboxylic acids is 3. The first-order chi connectivity index (χ1) is 12.6. The fourth-order valence-electron chi connectivity index (χ4n) is 2.89. The zero-order valence-corrected chi connectivity index (χ0v) is 15.4. The third-order valence-electron chi connectivity index (χ3n) is 4.50. The summed E-state index contributed by atoms with van der Waals surface area (Å²) in [6.45, 7) is 2.60. The lowest BCUT2D eigenvalue weighted by Gasteiger charge is -2.14. The number of benzene rings is 1. The predicted molar refractivity (Wildman–Crippen MR) is 101 cm³/mol. The van der Waals surface area contributed by atoms with Gasteiger partial charge in [0.25, 0.3) is 0 Å². The molecule has 1 aliphatic carbocycles. The fraction of sp³-hybridized carbons (Fsp3) is 0.524. The van der Waals surface area contributed by atoms with Crippen molar-refractivity contribution < 1.29 is 19.1 Å². The molecule has 26 heavy (non-hydrogen) atoms. The van der Waals surface area contributed by atoms with Gasteiger partial charge in [0.15, 0.2) is 0 Å². The molecule has 140 valence electrons. The second-order valence-corrected chi connectivity index (χ2v) is 6.64. The van der Waals surface area contributed by atoms with E-state index in [1.165, 1.54) is 25.5 Å². The Morgan fingerprint density at radius 2 is 1.73 bits per heavy atom. The first-order valence-electron chi connectivity index (χ1n) is 9.48. The van der Waals surface area contributed by atoms with E-state index in [0.29, 0.717) is 37.1 Å². The molecule has 5 heteroatoms. The Labute approximate surface area is 154 Å². The number of ether oxygens (including phenoxy) is 1. The van der Waals surface area contributed by atoms with E-state index in [1.807, 2.05) is 0 Å². The number of hydrogen-bond donors (Lipinski definition) is 0. The monoisotopic (exact) mass is 357 g/mol. The van der Waals surface area contributed by atoms with Gasteiger partial charge in [0.1, 0.15) is 17.5 Å². The molecule has 1 saturated carbocycles. The lowest BCUT2D eigenvalue weighted by molar-refractivity contribution is -0.132. The summed E-state index contributed by atoms with van der Waals surface area (Å²) in [7, 11) is 0. The van der Waals surface area contributed by atoms with Crippen molar-refractivity contribution in [2.45, 2.75) is 58.3 Å². The van der Waals surface area contributed by atoms with E-state index in [-0.39, 0.29) is 17.5 Å². The minimum atomic E-state index is -0.721. The van der Waals surface area contributed by atoms with Gasteiger partial charge in [0, 0.05) is 19.1 Å². The zero-order chi connectivity index (χ0) is 18.8. The zero-order valence-electron chi connectivity index (χ0n) is 15.4. The molecule has 0 heterocycles. The number of carbonyl (C=O) groups is 3. The van der Waals surface area contributed by atoms with E-state index in [0.717, 1.165) is 12.8 Å². The Morgan fingerprint density at radius 3 is 2.38 bits per heavy atom. The summed E-state index contributed by atoms with van der Waals surface area (Å²) in [5, 5.41) is 0. The van der Waals surface area contributed by atoms with Gasteiger partial charge in [-0.2, -0.15) is 0 Å². The van der Waals surface area contributed by atoms with Gasteiger partial charge in [-0.15, -0.1) is 0 Å². The summed E-state index contributed by atoms with van der Waals surface area (Å²) in [5.74, 6) is -1.19. The van der Waals surface area contributed by atoms with Crippen LogP contribution in [0.1, 0.15) is 68.6 Å². The van der Waals surface area contributed by atoms with E-state index in [4.69, 9.17) is 4.74 Å². The summed E-state index contributed by atoms with van der Waals surface area (Å²) >= 11 is 0. The van der Waals surface area contributed by atoms with Crippen LogP contribution in [0, 0.1) is 5.92 Å². The average Bonchev–Trinajstić information content (AvgIpc) is 2.64. The molecule has 0 spiro atoms. The summed E-state index contributed by atoms with van der Waals surface area (Å²) in [5.41, 5.74) is 1.08. The van der Waals surface area contributed by atoms with Gasteiger partial charge < -0.3 is 4.74 Å². The third-order valence-corrected chi connectivity index (χ3v) is 4.50. The summed E-state index contributed by atoms with van der Waals surface area (Å²) < 4.78 is 5.26. The highest BCUT2D eigenvalue weighted by atomic mass is 16.5. The van der Waals surface area contributed by atoms with E-state index < -0.39 is 5.92 Å². The van der Waals surface area contributed by atoms with Crippen LogP contribution in [-0.4, -0.2) is 30.4 Å². The maximum atomic E-state index is 12.0. The number of Topliss-reactive ketones (excluding diaryl/α,β-unsaturated/α-hetero) is 2. The van der Waals surface area contributed by atoms with Crippen LogP contribution in [0.15, 0.2) is 29.3 Å². The van der Waals surface area contributed by atoms with Gasteiger partial charge in [-0.05, 0) is 37.1 Å². The highest BCUT2D eigenvalue weighted by Crippen LogP contribution is 2.18. The second kappa shape index (κ2) is 10.6. The van der Waals surface area contributed by atoms with Crippen LogP contribution in [0.25, 0.3) is 0 Å².